The molecular weight excluding hydrogens is 447 g/mol. The number of hydrogen-bond acceptors (Lipinski definition) is 5. The van der Waals surface area contributed by atoms with Crippen molar-refractivity contribution in [2.24, 2.45) is 10.7 Å². The number of alkyl halides is 3. The molecule has 168 valence electrons. The number of esters is 1. The Morgan fingerprint density at radius 2 is 1.88 bits per heavy atom. The predicted molar refractivity (Wildman–Crippen MR) is 117 cm³/mol. The molecule has 0 aliphatic carbocycles. The number of carbonyl (C=O) groups is 2. The lowest BCUT2D eigenvalue weighted by Gasteiger charge is -2.21. The maximum Gasteiger partial charge on any atom is 0.416 e. The van der Waals surface area contributed by atoms with Crippen molar-refractivity contribution in [1.29, 1.82) is 0 Å². The lowest BCUT2D eigenvalue weighted by molar-refractivity contribution is -0.153. The molecule has 2 aromatic carbocycles. The third-order valence-corrected chi connectivity index (χ3v) is 4.23. The van der Waals surface area contributed by atoms with E-state index in [2.05, 4.69) is 11.6 Å². The van der Waals surface area contributed by atoms with Crippen LogP contribution >= 0.6 is 11.6 Å². The Labute approximate surface area is 187 Å². The molecule has 0 heterocycles. The topological polar surface area (TPSA) is 85.0 Å². The zero-order chi connectivity index (χ0) is 23.9. The number of hydrogen-bond donors (Lipinski definition) is 1. The Bertz CT molecular complexity index is 1060. The first kappa shape index (κ1) is 24.7. The summed E-state index contributed by atoms with van der Waals surface area (Å²) in [6.07, 6.45) is -1.92. The molecule has 6 nitrogen and oxygen atoms in total. The molecule has 0 bridgehead atoms. The fraction of sp³-hybridized carbons (Fsp3) is 0.136. The number of nitrogens with zero attached hydrogens (tertiary/aromatic N) is 2. The van der Waals surface area contributed by atoms with Gasteiger partial charge in [0, 0.05) is 16.9 Å². The fourth-order valence-corrected chi connectivity index (χ4v) is 2.68. The maximum absolute atomic E-state index is 12.9. The molecule has 2 N–H and O–H groups in total. The predicted octanol–water partition coefficient (Wildman–Crippen LogP) is 4.80. The van der Waals surface area contributed by atoms with Crippen LogP contribution in [0, 0.1) is 0 Å². The summed E-state index contributed by atoms with van der Waals surface area (Å²) in [5, 5.41) is 0.480. The first-order chi connectivity index (χ1) is 15.0. The average molecular weight is 466 g/mol. The lowest BCUT2D eigenvalue weighted by atomic mass is 10.1. The number of rotatable bonds is 6. The van der Waals surface area contributed by atoms with Crippen LogP contribution in [0.15, 0.2) is 72.0 Å². The molecule has 0 aliphatic heterocycles. The number of amides is 1. The van der Waals surface area contributed by atoms with Crippen LogP contribution < -0.4 is 10.6 Å². The van der Waals surface area contributed by atoms with Crippen molar-refractivity contribution in [2.75, 3.05) is 11.5 Å². The molecule has 0 unspecified atom stereocenters. The molecule has 10 heteroatoms. The first-order valence-corrected chi connectivity index (χ1v) is 9.55. The lowest BCUT2D eigenvalue weighted by Crippen LogP contribution is -2.36. The molecule has 0 radical (unpaired) electrons. The second kappa shape index (κ2) is 10.6. The molecule has 0 fully saturated rings. The minimum atomic E-state index is -4.56. The highest BCUT2D eigenvalue weighted by Gasteiger charge is 2.31. The van der Waals surface area contributed by atoms with Gasteiger partial charge in [-0.1, -0.05) is 30.3 Å². The molecule has 32 heavy (non-hydrogen) atoms. The van der Waals surface area contributed by atoms with Crippen molar-refractivity contribution in [3.05, 3.63) is 83.2 Å². The molecule has 0 saturated heterocycles. The summed E-state index contributed by atoms with van der Waals surface area (Å²) < 4.78 is 43.3. The van der Waals surface area contributed by atoms with E-state index in [0.29, 0.717) is 16.3 Å². The largest absolute Gasteiger partial charge is 0.459 e. The molecule has 0 atom stereocenters. The van der Waals surface area contributed by atoms with Gasteiger partial charge in [-0.05, 0) is 55.0 Å². The van der Waals surface area contributed by atoms with E-state index < -0.39 is 23.6 Å². The first-order valence-electron chi connectivity index (χ1n) is 9.17. The number of allylic oxidation sites excluding steroid dienone is 1. The number of halogens is 4. The van der Waals surface area contributed by atoms with Crippen LogP contribution in [0.4, 0.5) is 18.9 Å². The van der Waals surface area contributed by atoms with Crippen LogP contribution in [0.5, 0.6) is 0 Å². The van der Waals surface area contributed by atoms with Crippen molar-refractivity contribution in [3.8, 4) is 0 Å². The van der Waals surface area contributed by atoms with Gasteiger partial charge < -0.3 is 10.5 Å². The number of anilines is 1. The van der Waals surface area contributed by atoms with Crippen LogP contribution in [0.1, 0.15) is 18.1 Å². The summed E-state index contributed by atoms with van der Waals surface area (Å²) in [6, 6.07) is 10.3. The van der Waals surface area contributed by atoms with Crippen molar-refractivity contribution < 1.29 is 27.5 Å². The number of carbonyl (C=O) groups excluding carboxylic acids is 2. The Kier molecular flexibility index (Phi) is 8.20. The summed E-state index contributed by atoms with van der Waals surface area (Å²) in [4.78, 5) is 29.2. The number of aliphatic imine (C=N–C) groups is 1. The molecule has 0 saturated carbocycles. The normalized spacial score (nSPS) is 12.0. The molecular formula is C22H19ClF3N3O3. The van der Waals surface area contributed by atoms with Gasteiger partial charge in [0.25, 0.3) is 0 Å². The molecule has 0 aliphatic rings. The van der Waals surface area contributed by atoms with Gasteiger partial charge >= 0.3 is 18.1 Å². The maximum atomic E-state index is 12.9. The second-order valence-electron chi connectivity index (χ2n) is 6.23. The van der Waals surface area contributed by atoms with Gasteiger partial charge in [0.2, 0.25) is 0 Å². The summed E-state index contributed by atoms with van der Waals surface area (Å²) in [5.41, 5.74) is 5.92. The number of ether oxygens (including phenoxy) is 1. The van der Waals surface area contributed by atoms with Crippen molar-refractivity contribution in [3.63, 3.8) is 0 Å². The van der Waals surface area contributed by atoms with Gasteiger partial charge in [-0.15, -0.1) is 0 Å². The summed E-state index contributed by atoms with van der Waals surface area (Å²) in [6.45, 7) is 5.07. The van der Waals surface area contributed by atoms with Crippen LogP contribution in [0.3, 0.4) is 0 Å². The summed E-state index contributed by atoms with van der Waals surface area (Å²) in [7, 11) is 0. The minimum absolute atomic E-state index is 0.0509. The van der Waals surface area contributed by atoms with Crippen LogP contribution in [0.25, 0.3) is 5.70 Å². The highest BCUT2D eigenvalue weighted by Crippen LogP contribution is 2.31. The summed E-state index contributed by atoms with van der Waals surface area (Å²) in [5.74, 6) is -2.61. The monoisotopic (exact) mass is 465 g/mol. The third kappa shape index (κ3) is 6.45. The van der Waals surface area contributed by atoms with E-state index in [0.717, 1.165) is 29.2 Å². The molecule has 1 amide bonds. The average Bonchev–Trinajstić information content (AvgIpc) is 2.73. The minimum Gasteiger partial charge on any atom is -0.459 e. The Hall–Kier alpha value is -3.59. The van der Waals surface area contributed by atoms with Crippen molar-refractivity contribution in [2.45, 2.75) is 13.1 Å². The van der Waals surface area contributed by atoms with E-state index in [1.165, 1.54) is 19.2 Å². The summed E-state index contributed by atoms with van der Waals surface area (Å²) >= 11 is 5.92. The third-order valence-electron chi connectivity index (χ3n) is 4.00. The van der Waals surface area contributed by atoms with Gasteiger partial charge in [-0.2, -0.15) is 13.2 Å². The molecule has 0 spiro atoms. The smallest absolute Gasteiger partial charge is 0.416 e. The Balaban J connectivity index is 2.33. The van der Waals surface area contributed by atoms with E-state index in [-0.39, 0.29) is 18.1 Å². The van der Waals surface area contributed by atoms with Gasteiger partial charge in [0.05, 0.1) is 17.9 Å². The molecule has 2 rings (SSSR count). The zero-order valence-corrected chi connectivity index (χ0v) is 17.7. The Morgan fingerprint density at radius 3 is 2.44 bits per heavy atom. The van der Waals surface area contributed by atoms with Crippen molar-refractivity contribution >= 4 is 41.1 Å². The van der Waals surface area contributed by atoms with E-state index in [1.807, 2.05) is 0 Å². The standard InChI is InChI=1S/C22H19ClF3N3O3/c1-3-32-21(31)20(30)29(18-9-7-16(8-10-18)22(24,25)26)14(2)28-12-11-19(27)15-5-4-6-17(23)13-15/h4-13H,2-3,27H2,1H3/b19-11-,28-12-. The highest BCUT2D eigenvalue weighted by atomic mass is 35.5. The number of benzene rings is 2. The van der Waals surface area contributed by atoms with E-state index >= 15 is 0 Å². The highest BCUT2D eigenvalue weighted by molar-refractivity contribution is 6.39. The van der Waals surface area contributed by atoms with Gasteiger partial charge in [-0.3, -0.25) is 9.69 Å². The van der Waals surface area contributed by atoms with Gasteiger partial charge in [0.1, 0.15) is 5.82 Å². The quantitative estimate of drug-likeness (QED) is 0.377. The molecule has 0 aromatic heterocycles. The van der Waals surface area contributed by atoms with Crippen LogP contribution in [0.2, 0.25) is 5.02 Å². The van der Waals surface area contributed by atoms with E-state index in [1.54, 1.807) is 24.3 Å². The van der Waals surface area contributed by atoms with Crippen LogP contribution in [-0.2, 0) is 20.5 Å². The van der Waals surface area contributed by atoms with E-state index in [9.17, 15) is 22.8 Å². The van der Waals surface area contributed by atoms with Gasteiger partial charge in [-0.25, -0.2) is 9.79 Å². The fourth-order valence-electron chi connectivity index (χ4n) is 2.49. The SMILES string of the molecule is C=C(/N=C\C=C(/N)c1cccc(Cl)c1)N(C(=O)C(=O)OCC)c1ccc(C(F)(F)F)cc1. The van der Waals surface area contributed by atoms with Crippen LogP contribution in [-0.4, -0.2) is 24.7 Å². The van der Waals surface area contributed by atoms with Gasteiger partial charge in [0.15, 0.2) is 0 Å². The zero-order valence-electron chi connectivity index (χ0n) is 16.9. The molecule has 2 aromatic rings. The van der Waals surface area contributed by atoms with E-state index in [4.69, 9.17) is 22.1 Å². The van der Waals surface area contributed by atoms with Crippen molar-refractivity contribution in [1.82, 2.24) is 0 Å². The number of nitrogens with two attached hydrogens (primary N) is 1. The second-order valence-corrected chi connectivity index (χ2v) is 6.67. The Morgan fingerprint density at radius 1 is 1.22 bits per heavy atom.